The summed E-state index contributed by atoms with van der Waals surface area (Å²) in [5.74, 6) is 0.747. The molecule has 0 aliphatic heterocycles. The summed E-state index contributed by atoms with van der Waals surface area (Å²) in [6, 6.07) is 6.59. The second-order valence-corrected chi connectivity index (χ2v) is 7.58. The first-order chi connectivity index (χ1) is 12.4. The quantitative estimate of drug-likeness (QED) is 0.281. The predicted molar refractivity (Wildman–Crippen MR) is 105 cm³/mol. The van der Waals surface area contributed by atoms with Crippen LogP contribution in [0, 0.1) is 0 Å². The number of primary sulfonamides is 1. The van der Waals surface area contributed by atoms with Gasteiger partial charge in [-0.15, -0.1) is 0 Å². The van der Waals surface area contributed by atoms with Gasteiger partial charge in [0.1, 0.15) is 0 Å². The second-order valence-electron chi connectivity index (χ2n) is 6.01. The Kier molecular flexibility index (Phi) is 10.2. The van der Waals surface area contributed by atoms with Gasteiger partial charge in [-0.25, -0.2) is 13.6 Å². The third-order valence-electron chi connectivity index (χ3n) is 3.86. The third kappa shape index (κ3) is 9.14. The Morgan fingerprint density at radius 3 is 2.42 bits per heavy atom. The lowest BCUT2D eigenvalue weighted by atomic mass is 10.1. The largest absolute Gasteiger partial charge is 0.385 e. The number of hydrogen-bond acceptors (Lipinski definition) is 5. The van der Waals surface area contributed by atoms with Crippen LogP contribution >= 0.6 is 0 Å². The number of ether oxygens (including phenoxy) is 1. The highest BCUT2D eigenvalue weighted by Crippen LogP contribution is 2.08. The van der Waals surface area contributed by atoms with Crippen LogP contribution in [0.2, 0.25) is 0 Å². The molecule has 0 atom stereocenters. The summed E-state index contributed by atoms with van der Waals surface area (Å²) < 4.78 is 27.5. The third-order valence-corrected chi connectivity index (χ3v) is 4.79. The fraction of sp³-hybridized carbons (Fsp3) is 0.588. The number of guanidine groups is 1. The van der Waals surface area contributed by atoms with E-state index in [0.29, 0.717) is 6.54 Å². The summed E-state index contributed by atoms with van der Waals surface area (Å²) in [6.07, 6.45) is 1.77. The van der Waals surface area contributed by atoms with Crippen molar-refractivity contribution in [3.63, 3.8) is 0 Å². The van der Waals surface area contributed by atoms with E-state index in [9.17, 15) is 8.42 Å². The zero-order chi connectivity index (χ0) is 19.4. The summed E-state index contributed by atoms with van der Waals surface area (Å²) in [5.41, 5.74) is 1.03. The van der Waals surface area contributed by atoms with Crippen molar-refractivity contribution < 1.29 is 13.2 Å². The van der Waals surface area contributed by atoms with E-state index in [1.807, 2.05) is 0 Å². The van der Waals surface area contributed by atoms with Crippen LogP contribution in [0.15, 0.2) is 34.2 Å². The topological polar surface area (TPSA) is 109 Å². The van der Waals surface area contributed by atoms with Crippen LogP contribution in [0.4, 0.5) is 0 Å². The average molecular weight is 386 g/mol. The normalized spacial score (nSPS) is 12.4. The molecule has 26 heavy (non-hydrogen) atoms. The molecule has 148 valence electrons. The number of methoxy groups -OCH3 is 1. The van der Waals surface area contributed by atoms with Crippen molar-refractivity contribution in [2.24, 2.45) is 10.1 Å². The number of rotatable bonds is 11. The maximum absolute atomic E-state index is 11.2. The number of hydrogen-bond donors (Lipinski definition) is 3. The summed E-state index contributed by atoms with van der Waals surface area (Å²) >= 11 is 0. The molecule has 0 saturated carbocycles. The van der Waals surface area contributed by atoms with Crippen molar-refractivity contribution in [2.75, 3.05) is 54.0 Å². The molecule has 0 bridgehead atoms. The van der Waals surface area contributed by atoms with Crippen LogP contribution in [0.3, 0.4) is 0 Å². The summed E-state index contributed by atoms with van der Waals surface area (Å²) in [5, 5.41) is 11.6. The molecule has 0 saturated heterocycles. The minimum Gasteiger partial charge on any atom is -0.385 e. The fourth-order valence-corrected chi connectivity index (χ4v) is 2.86. The molecule has 0 unspecified atom stereocenters. The van der Waals surface area contributed by atoms with Gasteiger partial charge in [0.15, 0.2) is 5.96 Å². The van der Waals surface area contributed by atoms with Gasteiger partial charge in [0.2, 0.25) is 10.0 Å². The van der Waals surface area contributed by atoms with Gasteiger partial charge >= 0.3 is 0 Å². The van der Waals surface area contributed by atoms with Crippen LogP contribution < -0.4 is 15.8 Å². The van der Waals surface area contributed by atoms with E-state index in [-0.39, 0.29) is 4.90 Å². The molecule has 0 spiro atoms. The maximum Gasteiger partial charge on any atom is 0.238 e. The number of nitrogens with one attached hydrogen (secondary N) is 2. The van der Waals surface area contributed by atoms with E-state index in [4.69, 9.17) is 9.88 Å². The predicted octanol–water partition coefficient (Wildman–Crippen LogP) is 0.00980. The van der Waals surface area contributed by atoms with Crippen LogP contribution in [-0.2, 0) is 21.2 Å². The molecule has 9 heteroatoms. The fourth-order valence-electron chi connectivity index (χ4n) is 2.35. The molecule has 0 aliphatic rings. The number of nitrogens with zero attached hydrogens (tertiary/aromatic N) is 2. The van der Waals surface area contributed by atoms with Gasteiger partial charge in [-0.1, -0.05) is 12.1 Å². The molecule has 0 radical (unpaired) electrons. The van der Waals surface area contributed by atoms with Crippen LogP contribution in [0.1, 0.15) is 12.0 Å². The van der Waals surface area contributed by atoms with Gasteiger partial charge in [-0.2, -0.15) is 0 Å². The van der Waals surface area contributed by atoms with E-state index < -0.39 is 10.0 Å². The van der Waals surface area contributed by atoms with Crippen molar-refractivity contribution in [1.29, 1.82) is 0 Å². The molecule has 0 amide bonds. The van der Waals surface area contributed by atoms with Gasteiger partial charge in [0.25, 0.3) is 0 Å². The van der Waals surface area contributed by atoms with Gasteiger partial charge in [0, 0.05) is 46.9 Å². The lowest BCUT2D eigenvalue weighted by Gasteiger charge is -2.18. The standard InChI is InChI=1S/C17H31N5O3S/c1-19-17(21-11-13-22(2)12-4-14-25-3)20-10-9-15-5-7-16(8-6-15)26(18,23)24/h5-8H,4,9-14H2,1-3H3,(H2,18,23,24)(H2,19,20,21). The highest BCUT2D eigenvalue weighted by Gasteiger charge is 2.06. The van der Waals surface area contributed by atoms with Gasteiger partial charge < -0.3 is 20.3 Å². The molecule has 8 nitrogen and oxygen atoms in total. The number of likely N-dealkylation sites (N-methyl/N-ethyl adjacent to an activating group) is 1. The molecule has 0 aromatic heterocycles. The van der Waals surface area contributed by atoms with E-state index in [1.165, 1.54) is 12.1 Å². The lowest BCUT2D eigenvalue weighted by molar-refractivity contribution is 0.180. The SMILES string of the molecule is CN=C(NCCc1ccc(S(N)(=O)=O)cc1)NCCN(C)CCCOC. The summed E-state index contributed by atoms with van der Waals surface area (Å²) in [4.78, 5) is 6.57. The Labute approximate surface area is 156 Å². The van der Waals surface area contributed by atoms with E-state index in [1.54, 1.807) is 26.3 Å². The molecule has 0 heterocycles. The van der Waals surface area contributed by atoms with Gasteiger partial charge in [-0.3, -0.25) is 4.99 Å². The Bertz CT molecular complexity index is 647. The number of nitrogens with two attached hydrogens (primary N) is 1. The lowest BCUT2D eigenvalue weighted by Crippen LogP contribution is -2.41. The first-order valence-corrected chi connectivity index (χ1v) is 10.1. The zero-order valence-electron chi connectivity index (χ0n) is 15.9. The van der Waals surface area contributed by atoms with Crippen LogP contribution in [-0.4, -0.2) is 73.3 Å². The van der Waals surface area contributed by atoms with Crippen LogP contribution in [0.25, 0.3) is 0 Å². The van der Waals surface area contributed by atoms with E-state index >= 15 is 0 Å². The Morgan fingerprint density at radius 1 is 1.19 bits per heavy atom. The average Bonchev–Trinajstić information content (AvgIpc) is 2.60. The highest BCUT2D eigenvalue weighted by atomic mass is 32.2. The number of benzene rings is 1. The van der Waals surface area contributed by atoms with Gasteiger partial charge in [0.05, 0.1) is 4.90 Å². The second kappa shape index (κ2) is 11.8. The maximum atomic E-state index is 11.2. The first kappa shape index (κ1) is 22.4. The minimum atomic E-state index is -3.64. The molecule has 1 aromatic carbocycles. The molecule has 0 aliphatic carbocycles. The summed E-state index contributed by atoms with van der Waals surface area (Å²) in [7, 11) is 1.89. The zero-order valence-corrected chi connectivity index (χ0v) is 16.7. The molecule has 1 aromatic rings. The van der Waals surface area contributed by atoms with Crippen molar-refractivity contribution in [3.8, 4) is 0 Å². The van der Waals surface area contributed by atoms with E-state index in [2.05, 4.69) is 27.6 Å². The Balaban J connectivity index is 2.28. The Morgan fingerprint density at radius 2 is 1.85 bits per heavy atom. The van der Waals surface area contributed by atoms with Crippen LogP contribution in [0.5, 0.6) is 0 Å². The van der Waals surface area contributed by atoms with Crippen molar-refractivity contribution in [2.45, 2.75) is 17.7 Å². The van der Waals surface area contributed by atoms with Crippen molar-refractivity contribution >= 4 is 16.0 Å². The smallest absolute Gasteiger partial charge is 0.238 e. The first-order valence-electron chi connectivity index (χ1n) is 8.60. The molecule has 4 N–H and O–H groups in total. The van der Waals surface area contributed by atoms with Crippen molar-refractivity contribution in [3.05, 3.63) is 29.8 Å². The van der Waals surface area contributed by atoms with Crippen molar-refractivity contribution in [1.82, 2.24) is 15.5 Å². The Hall–Kier alpha value is -1.68. The molecular formula is C17H31N5O3S. The monoisotopic (exact) mass is 385 g/mol. The van der Waals surface area contributed by atoms with E-state index in [0.717, 1.165) is 50.6 Å². The van der Waals surface area contributed by atoms with Gasteiger partial charge in [-0.05, 0) is 37.6 Å². The molecule has 1 rings (SSSR count). The highest BCUT2D eigenvalue weighted by molar-refractivity contribution is 7.89. The summed E-state index contributed by atoms with van der Waals surface area (Å²) in [6.45, 7) is 4.18. The molecular weight excluding hydrogens is 354 g/mol. The minimum absolute atomic E-state index is 0.126. The molecule has 0 fully saturated rings. The number of aliphatic imine (C=N–C) groups is 1. The number of sulfonamides is 1.